The summed E-state index contributed by atoms with van der Waals surface area (Å²) in [6, 6.07) is 5.90. The monoisotopic (exact) mass is 376 g/mol. The Bertz CT molecular complexity index is 596. The second-order valence-corrected chi connectivity index (χ2v) is 7.38. The van der Waals surface area contributed by atoms with Crippen molar-refractivity contribution in [3.8, 4) is 11.5 Å². The first kappa shape index (κ1) is 20.0. The first-order chi connectivity index (χ1) is 13.3. The molecular weight excluding hydrogens is 344 g/mol. The lowest BCUT2D eigenvalue weighted by Gasteiger charge is -2.26. The van der Waals surface area contributed by atoms with E-state index in [9.17, 15) is 4.79 Å². The van der Waals surface area contributed by atoms with Gasteiger partial charge in [0.15, 0.2) is 18.1 Å². The minimum atomic E-state index is -0.0157. The van der Waals surface area contributed by atoms with Gasteiger partial charge in [-0.1, -0.05) is 31.7 Å². The fraction of sp³-hybridized carbons (Fsp3) is 0.667. The molecule has 0 aromatic heterocycles. The highest BCUT2D eigenvalue weighted by atomic mass is 16.5. The Kier molecular flexibility index (Phi) is 7.78. The van der Waals surface area contributed by atoms with E-state index in [0.717, 1.165) is 24.6 Å². The summed E-state index contributed by atoms with van der Waals surface area (Å²) >= 11 is 0. The minimum Gasteiger partial charge on any atom is -0.493 e. The van der Waals surface area contributed by atoms with Crippen molar-refractivity contribution in [3.05, 3.63) is 23.8 Å². The number of nitrogens with one attached hydrogen (secondary N) is 1. The van der Waals surface area contributed by atoms with E-state index < -0.39 is 0 Å². The summed E-state index contributed by atoms with van der Waals surface area (Å²) in [5.41, 5.74) is 1.16. The molecule has 1 aliphatic carbocycles. The number of carbonyl (C=O) groups is 1. The van der Waals surface area contributed by atoms with Crippen LogP contribution in [0.1, 0.15) is 37.7 Å². The van der Waals surface area contributed by atoms with Gasteiger partial charge in [0.2, 0.25) is 0 Å². The standard InChI is InChI=1S/C21H32N2O4/c1-25-20-14-18(15-22-9-8-17-4-2-3-5-17)6-7-19(20)27-16-21(24)23-10-12-26-13-11-23/h6-7,14,17,22H,2-5,8-13,15-16H2,1H3. The molecule has 150 valence electrons. The molecule has 27 heavy (non-hydrogen) atoms. The van der Waals surface area contributed by atoms with E-state index in [2.05, 4.69) is 5.32 Å². The largest absolute Gasteiger partial charge is 0.493 e. The van der Waals surface area contributed by atoms with Gasteiger partial charge in [-0.05, 0) is 36.6 Å². The number of rotatable bonds is 9. The van der Waals surface area contributed by atoms with Crippen molar-refractivity contribution in [2.75, 3.05) is 46.6 Å². The number of carbonyl (C=O) groups excluding carboxylic acids is 1. The molecule has 1 aromatic carbocycles. The zero-order valence-corrected chi connectivity index (χ0v) is 16.4. The topological polar surface area (TPSA) is 60.0 Å². The van der Waals surface area contributed by atoms with Crippen molar-refractivity contribution in [3.63, 3.8) is 0 Å². The van der Waals surface area contributed by atoms with Crippen LogP contribution < -0.4 is 14.8 Å². The summed E-state index contributed by atoms with van der Waals surface area (Å²) in [6.07, 6.45) is 6.85. The molecule has 1 amide bonds. The predicted octanol–water partition coefficient (Wildman–Crippen LogP) is 2.60. The van der Waals surface area contributed by atoms with E-state index in [4.69, 9.17) is 14.2 Å². The Hall–Kier alpha value is -1.79. The second kappa shape index (κ2) is 10.5. The summed E-state index contributed by atoms with van der Waals surface area (Å²) in [5.74, 6) is 2.17. The van der Waals surface area contributed by atoms with Gasteiger partial charge in [0.1, 0.15) is 0 Å². The average molecular weight is 376 g/mol. The lowest BCUT2D eigenvalue weighted by Crippen LogP contribution is -2.43. The highest BCUT2D eigenvalue weighted by Crippen LogP contribution is 2.29. The molecule has 3 rings (SSSR count). The van der Waals surface area contributed by atoms with E-state index in [1.54, 1.807) is 12.0 Å². The predicted molar refractivity (Wildman–Crippen MR) is 104 cm³/mol. The van der Waals surface area contributed by atoms with E-state index in [-0.39, 0.29) is 12.5 Å². The van der Waals surface area contributed by atoms with Crippen LogP contribution in [-0.2, 0) is 16.1 Å². The first-order valence-corrected chi connectivity index (χ1v) is 10.1. The van der Waals surface area contributed by atoms with Gasteiger partial charge in [-0.3, -0.25) is 4.79 Å². The highest BCUT2D eigenvalue weighted by Gasteiger charge is 2.18. The van der Waals surface area contributed by atoms with Crippen molar-refractivity contribution < 1.29 is 19.0 Å². The summed E-state index contributed by atoms with van der Waals surface area (Å²) < 4.78 is 16.4. The molecule has 2 fully saturated rings. The molecule has 2 aliphatic rings. The molecule has 1 aliphatic heterocycles. The maximum absolute atomic E-state index is 12.2. The third-order valence-corrected chi connectivity index (χ3v) is 5.48. The molecule has 6 nitrogen and oxygen atoms in total. The molecular formula is C21H32N2O4. The van der Waals surface area contributed by atoms with E-state index in [0.29, 0.717) is 37.8 Å². The number of ether oxygens (including phenoxy) is 3. The zero-order valence-electron chi connectivity index (χ0n) is 16.4. The van der Waals surface area contributed by atoms with Crippen molar-refractivity contribution in [1.82, 2.24) is 10.2 Å². The van der Waals surface area contributed by atoms with Crippen LogP contribution in [0.2, 0.25) is 0 Å². The summed E-state index contributed by atoms with van der Waals surface area (Å²) in [7, 11) is 1.63. The first-order valence-electron chi connectivity index (χ1n) is 10.1. The molecule has 0 bridgehead atoms. The smallest absolute Gasteiger partial charge is 0.260 e. The van der Waals surface area contributed by atoms with Crippen LogP contribution in [0.3, 0.4) is 0 Å². The molecule has 1 aromatic rings. The fourth-order valence-electron chi connectivity index (χ4n) is 3.82. The van der Waals surface area contributed by atoms with Crippen LogP contribution in [0.5, 0.6) is 11.5 Å². The van der Waals surface area contributed by atoms with Crippen LogP contribution in [0.4, 0.5) is 0 Å². The summed E-state index contributed by atoms with van der Waals surface area (Å²) in [4.78, 5) is 14.0. The van der Waals surface area contributed by atoms with Gasteiger partial charge in [-0.25, -0.2) is 0 Å². The quantitative estimate of drug-likeness (QED) is 0.672. The number of nitrogens with zero attached hydrogens (tertiary/aromatic N) is 1. The minimum absolute atomic E-state index is 0.0157. The van der Waals surface area contributed by atoms with Crippen molar-refractivity contribution >= 4 is 5.91 Å². The number of amides is 1. The molecule has 6 heteroatoms. The van der Waals surface area contributed by atoms with E-state index >= 15 is 0 Å². The molecule has 1 heterocycles. The Balaban J connectivity index is 1.44. The third kappa shape index (κ3) is 6.11. The van der Waals surface area contributed by atoms with Crippen molar-refractivity contribution in [2.24, 2.45) is 5.92 Å². The molecule has 1 N–H and O–H groups in total. The van der Waals surface area contributed by atoms with Gasteiger partial charge in [0, 0.05) is 19.6 Å². The van der Waals surface area contributed by atoms with Gasteiger partial charge in [-0.2, -0.15) is 0 Å². The highest BCUT2D eigenvalue weighted by molar-refractivity contribution is 5.78. The maximum atomic E-state index is 12.2. The van der Waals surface area contributed by atoms with Gasteiger partial charge >= 0.3 is 0 Å². The van der Waals surface area contributed by atoms with Crippen LogP contribution >= 0.6 is 0 Å². The van der Waals surface area contributed by atoms with E-state index in [1.807, 2.05) is 18.2 Å². The van der Waals surface area contributed by atoms with Gasteiger partial charge in [0.25, 0.3) is 5.91 Å². The number of hydrogen-bond donors (Lipinski definition) is 1. The van der Waals surface area contributed by atoms with Crippen LogP contribution in [0.25, 0.3) is 0 Å². The number of hydrogen-bond acceptors (Lipinski definition) is 5. The van der Waals surface area contributed by atoms with Gasteiger partial charge in [0.05, 0.1) is 20.3 Å². The fourth-order valence-corrected chi connectivity index (χ4v) is 3.82. The lowest BCUT2D eigenvalue weighted by atomic mass is 10.0. The number of benzene rings is 1. The Labute approximate surface area is 162 Å². The van der Waals surface area contributed by atoms with E-state index in [1.165, 1.54) is 32.1 Å². The average Bonchev–Trinajstić information content (AvgIpc) is 3.24. The third-order valence-electron chi connectivity index (χ3n) is 5.48. The molecule has 1 saturated carbocycles. The summed E-state index contributed by atoms with van der Waals surface area (Å²) in [6.45, 7) is 4.34. The van der Waals surface area contributed by atoms with Crippen molar-refractivity contribution in [2.45, 2.75) is 38.6 Å². The van der Waals surface area contributed by atoms with Crippen molar-refractivity contribution in [1.29, 1.82) is 0 Å². The summed E-state index contributed by atoms with van der Waals surface area (Å²) in [5, 5.41) is 3.52. The maximum Gasteiger partial charge on any atom is 0.260 e. The molecule has 0 atom stereocenters. The second-order valence-electron chi connectivity index (χ2n) is 7.38. The molecule has 1 saturated heterocycles. The number of methoxy groups -OCH3 is 1. The van der Waals surface area contributed by atoms with Crippen LogP contribution in [0, 0.1) is 5.92 Å². The molecule has 0 unspecified atom stereocenters. The molecule has 0 spiro atoms. The normalized spacial score (nSPS) is 17.9. The Morgan fingerprint density at radius 3 is 2.74 bits per heavy atom. The number of morpholine rings is 1. The van der Waals surface area contributed by atoms with Crippen LogP contribution in [0.15, 0.2) is 18.2 Å². The lowest BCUT2D eigenvalue weighted by molar-refractivity contribution is -0.137. The molecule has 0 radical (unpaired) electrons. The van der Waals surface area contributed by atoms with Gasteiger partial charge in [-0.15, -0.1) is 0 Å². The Morgan fingerprint density at radius 1 is 1.22 bits per heavy atom. The van der Waals surface area contributed by atoms with Gasteiger partial charge < -0.3 is 24.4 Å². The van der Waals surface area contributed by atoms with Crippen LogP contribution in [-0.4, -0.2) is 57.4 Å². The zero-order chi connectivity index (χ0) is 18.9. The SMILES string of the molecule is COc1cc(CNCCC2CCCC2)ccc1OCC(=O)N1CCOCC1. The Morgan fingerprint density at radius 2 is 2.00 bits per heavy atom.